The third kappa shape index (κ3) is 4.50. The Morgan fingerprint density at radius 3 is 2.23 bits per heavy atom. The summed E-state index contributed by atoms with van der Waals surface area (Å²) in [5, 5.41) is 22.2. The van der Waals surface area contributed by atoms with Gasteiger partial charge in [-0.15, -0.1) is 0 Å². The maximum absolute atomic E-state index is 13.3. The van der Waals surface area contributed by atoms with E-state index in [0.29, 0.717) is 0 Å². The number of carbonyl (C=O) groups is 3. The van der Waals surface area contributed by atoms with E-state index in [2.05, 4.69) is 29.6 Å². The van der Waals surface area contributed by atoms with E-state index in [1.54, 1.807) is 0 Å². The Hall–Kier alpha value is -3.39. The van der Waals surface area contributed by atoms with Gasteiger partial charge in [0.1, 0.15) is 12.6 Å². The first-order valence-electron chi connectivity index (χ1n) is 12.2. The van der Waals surface area contributed by atoms with E-state index < -0.39 is 30.1 Å². The molecule has 5 rings (SSSR count). The highest BCUT2D eigenvalue weighted by molar-refractivity contribution is 5.86. The average Bonchev–Trinajstić information content (AvgIpc) is 3.37. The number of fused-ring (bicyclic) bond motifs is 3. The van der Waals surface area contributed by atoms with Crippen molar-refractivity contribution in [1.29, 1.82) is 0 Å². The zero-order chi connectivity index (χ0) is 24.5. The van der Waals surface area contributed by atoms with Crippen LogP contribution >= 0.6 is 0 Å². The van der Waals surface area contributed by atoms with Crippen LogP contribution in [0.25, 0.3) is 11.1 Å². The lowest BCUT2D eigenvalue weighted by molar-refractivity contribution is -0.151. The van der Waals surface area contributed by atoms with E-state index in [1.165, 1.54) is 4.90 Å². The summed E-state index contributed by atoms with van der Waals surface area (Å²) in [5.74, 6) is -1.94. The number of hydrogen-bond donors (Lipinski definition) is 3. The Morgan fingerprint density at radius 2 is 1.66 bits per heavy atom. The van der Waals surface area contributed by atoms with E-state index in [1.807, 2.05) is 24.3 Å². The number of aliphatic carboxylic acids is 1. The first-order valence-corrected chi connectivity index (χ1v) is 12.2. The molecule has 0 radical (unpaired) electrons. The molecule has 2 aliphatic carbocycles. The molecule has 2 amide bonds. The van der Waals surface area contributed by atoms with Gasteiger partial charge in [-0.05, 0) is 41.0 Å². The second kappa shape index (κ2) is 9.70. The van der Waals surface area contributed by atoms with Gasteiger partial charge in [0, 0.05) is 25.4 Å². The summed E-state index contributed by atoms with van der Waals surface area (Å²) in [4.78, 5) is 38.7. The fourth-order valence-electron chi connectivity index (χ4n) is 5.65. The lowest BCUT2D eigenvalue weighted by atomic mass is 9.75. The summed E-state index contributed by atoms with van der Waals surface area (Å²) in [6, 6.07) is 15.2. The number of carboxylic acid groups (broad SMARTS) is 1. The molecule has 8 heteroatoms. The molecular weight excluding hydrogens is 448 g/mol. The van der Waals surface area contributed by atoms with Crippen LogP contribution in [-0.4, -0.2) is 64.9 Å². The Bertz CT molecular complexity index is 1080. The van der Waals surface area contributed by atoms with E-state index in [4.69, 9.17) is 4.74 Å². The summed E-state index contributed by atoms with van der Waals surface area (Å²) in [6.07, 6.45) is 1.30. The van der Waals surface area contributed by atoms with Crippen molar-refractivity contribution in [2.45, 2.75) is 43.7 Å². The van der Waals surface area contributed by atoms with Gasteiger partial charge in [0.25, 0.3) is 0 Å². The van der Waals surface area contributed by atoms with Gasteiger partial charge in [0.2, 0.25) is 5.91 Å². The number of likely N-dealkylation sites (tertiary alicyclic amines) is 1. The number of β-amino-alcohol motifs (C(OH)–C–C–N with tert-alkyl or cyclic N) is 1. The van der Waals surface area contributed by atoms with Crippen LogP contribution in [0.1, 0.15) is 42.7 Å². The Labute approximate surface area is 203 Å². The van der Waals surface area contributed by atoms with Crippen LogP contribution in [0, 0.1) is 11.8 Å². The van der Waals surface area contributed by atoms with Crippen LogP contribution in [-0.2, 0) is 14.3 Å². The minimum absolute atomic E-state index is 0.00393. The molecule has 3 N–H and O–H groups in total. The molecule has 35 heavy (non-hydrogen) atoms. The number of nitrogens with zero attached hydrogens (tertiary/aromatic N) is 1. The second-order valence-electron chi connectivity index (χ2n) is 9.74. The molecule has 2 aromatic carbocycles. The number of aliphatic hydroxyl groups is 1. The molecule has 3 atom stereocenters. The smallest absolute Gasteiger partial charge is 0.407 e. The van der Waals surface area contributed by atoms with Gasteiger partial charge in [-0.3, -0.25) is 4.79 Å². The number of alkyl carbamates (subject to hydrolysis) is 1. The lowest BCUT2D eigenvalue weighted by Gasteiger charge is -2.36. The summed E-state index contributed by atoms with van der Waals surface area (Å²) in [7, 11) is 0. The Kier molecular flexibility index (Phi) is 6.47. The fraction of sp³-hybridized carbons (Fsp3) is 0.444. The maximum atomic E-state index is 13.3. The number of nitrogens with one attached hydrogen (secondary N) is 1. The molecule has 184 valence electrons. The van der Waals surface area contributed by atoms with Crippen molar-refractivity contribution < 1.29 is 29.3 Å². The molecule has 2 aromatic rings. The Balaban J connectivity index is 1.22. The largest absolute Gasteiger partial charge is 0.480 e. The van der Waals surface area contributed by atoms with Gasteiger partial charge in [-0.2, -0.15) is 0 Å². The van der Waals surface area contributed by atoms with E-state index in [-0.39, 0.29) is 43.9 Å². The van der Waals surface area contributed by atoms with Crippen LogP contribution in [0.4, 0.5) is 4.79 Å². The van der Waals surface area contributed by atoms with Crippen molar-refractivity contribution in [1.82, 2.24) is 10.2 Å². The zero-order valence-electron chi connectivity index (χ0n) is 19.4. The molecule has 2 fully saturated rings. The number of aliphatic hydroxyl groups excluding tert-OH is 1. The van der Waals surface area contributed by atoms with Crippen LogP contribution in [0.2, 0.25) is 0 Å². The summed E-state index contributed by atoms with van der Waals surface area (Å²) in [6.45, 7) is 0.268. The molecule has 1 saturated heterocycles. The molecule has 0 bridgehead atoms. The molecule has 1 unspecified atom stereocenters. The molecular formula is C27H30N2O6. The summed E-state index contributed by atoms with van der Waals surface area (Å²) >= 11 is 0. The standard InChI is InChI=1S/C27H30N2O6/c30-17-12-24(26(32)33)29(14-17)25(31)22(16-6-5-7-16)13-28-27(34)35-15-23-20-10-3-1-8-18(20)19-9-2-4-11-21(19)23/h1-4,8-11,16-17,22-24,30H,5-7,12-15H2,(H,28,34)(H,32,33)/t17-,22?,24-/m1/s1. The SMILES string of the molecule is O=C(NCC(C(=O)N1C[C@H](O)C[C@@H]1C(=O)O)C1CCC1)OCC1c2ccccc2-c2ccccc21. The number of benzene rings is 2. The summed E-state index contributed by atoms with van der Waals surface area (Å²) < 4.78 is 5.59. The number of carbonyl (C=O) groups excluding carboxylic acids is 2. The first-order chi connectivity index (χ1) is 16.9. The minimum atomic E-state index is -1.12. The maximum Gasteiger partial charge on any atom is 0.407 e. The normalized spacial score (nSPS) is 22.1. The fourth-order valence-corrected chi connectivity index (χ4v) is 5.65. The Morgan fingerprint density at radius 1 is 1.03 bits per heavy atom. The number of rotatable bonds is 7. The van der Waals surface area contributed by atoms with Gasteiger partial charge < -0.3 is 25.2 Å². The van der Waals surface area contributed by atoms with Crippen LogP contribution < -0.4 is 5.32 Å². The van der Waals surface area contributed by atoms with Crippen molar-refractivity contribution >= 4 is 18.0 Å². The number of hydrogen-bond acceptors (Lipinski definition) is 5. The zero-order valence-corrected chi connectivity index (χ0v) is 19.4. The third-order valence-electron chi connectivity index (χ3n) is 7.69. The van der Waals surface area contributed by atoms with Crippen molar-refractivity contribution in [3.63, 3.8) is 0 Å². The molecule has 3 aliphatic rings. The van der Waals surface area contributed by atoms with E-state index in [0.717, 1.165) is 41.5 Å². The molecule has 0 aromatic heterocycles. The topological polar surface area (TPSA) is 116 Å². The predicted octanol–water partition coefficient (Wildman–Crippen LogP) is 2.99. The third-order valence-corrected chi connectivity index (χ3v) is 7.69. The number of ether oxygens (including phenoxy) is 1. The molecule has 1 heterocycles. The molecule has 1 saturated carbocycles. The van der Waals surface area contributed by atoms with E-state index >= 15 is 0 Å². The van der Waals surface area contributed by atoms with E-state index in [9.17, 15) is 24.6 Å². The van der Waals surface area contributed by atoms with Gasteiger partial charge in [0.15, 0.2) is 0 Å². The second-order valence-corrected chi connectivity index (χ2v) is 9.74. The van der Waals surface area contributed by atoms with Gasteiger partial charge in [-0.1, -0.05) is 55.0 Å². The predicted molar refractivity (Wildman–Crippen MR) is 128 cm³/mol. The van der Waals surface area contributed by atoms with Gasteiger partial charge >= 0.3 is 12.1 Å². The van der Waals surface area contributed by atoms with Gasteiger partial charge in [-0.25, -0.2) is 9.59 Å². The highest BCUT2D eigenvalue weighted by Crippen LogP contribution is 2.44. The van der Waals surface area contributed by atoms with Crippen molar-refractivity contribution in [3.8, 4) is 11.1 Å². The number of amides is 2. The monoisotopic (exact) mass is 478 g/mol. The first kappa shape index (κ1) is 23.4. The minimum Gasteiger partial charge on any atom is -0.480 e. The van der Waals surface area contributed by atoms with Crippen LogP contribution in [0.5, 0.6) is 0 Å². The highest BCUT2D eigenvalue weighted by Gasteiger charge is 2.44. The van der Waals surface area contributed by atoms with Crippen LogP contribution in [0.15, 0.2) is 48.5 Å². The average molecular weight is 479 g/mol. The summed E-state index contributed by atoms with van der Waals surface area (Å²) in [5.41, 5.74) is 4.54. The number of carboxylic acids is 1. The lowest BCUT2D eigenvalue weighted by Crippen LogP contribution is -2.49. The van der Waals surface area contributed by atoms with Crippen molar-refractivity contribution in [2.75, 3.05) is 19.7 Å². The van der Waals surface area contributed by atoms with Crippen molar-refractivity contribution in [2.24, 2.45) is 11.8 Å². The highest BCUT2D eigenvalue weighted by atomic mass is 16.5. The van der Waals surface area contributed by atoms with Gasteiger partial charge in [0.05, 0.1) is 12.0 Å². The molecule has 1 aliphatic heterocycles. The van der Waals surface area contributed by atoms with Crippen LogP contribution in [0.3, 0.4) is 0 Å². The molecule has 0 spiro atoms. The molecule has 8 nitrogen and oxygen atoms in total. The quantitative estimate of drug-likeness (QED) is 0.563. The van der Waals surface area contributed by atoms with Crippen molar-refractivity contribution in [3.05, 3.63) is 59.7 Å².